The van der Waals surface area contributed by atoms with E-state index in [1.54, 1.807) is 0 Å². The summed E-state index contributed by atoms with van der Waals surface area (Å²) in [6.45, 7) is 6.96. The number of hydrogen-bond acceptors (Lipinski definition) is 1. The Kier molecular flexibility index (Phi) is 6.85. The van der Waals surface area contributed by atoms with Crippen LogP contribution < -0.4 is 4.90 Å². The van der Waals surface area contributed by atoms with Gasteiger partial charge in [-0.1, -0.05) is 64.7 Å². The van der Waals surface area contributed by atoms with Gasteiger partial charge < -0.3 is 4.90 Å². The Bertz CT molecular complexity index is 307. The lowest BCUT2D eigenvalue weighted by Crippen LogP contribution is -2.36. The van der Waals surface area contributed by atoms with Crippen LogP contribution in [0.25, 0.3) is 0 Å². The SMILES string of the molecule is CCCCCC(C(C)CC)N(C)c1ccccc1. The maximum Gasteiger partial charge on any atom is 0.0366 e. The van der Waals surface area contributed by atoms with Crippen molar-refractivity contribution in [1.29, 1.82) is 0 Å². The number of nitrogens with zero attached hydrogens (tertiary/aromatic N) is 1. The van der Waals surface area contributed by atoms with Gasteiger partial charge in [0.1, 0.15) is 0 Å². The zero-order valence-corrected chi connectivity index (χ0v) is 12.5. The van der Waals surface area contributed by atoms with Gasteiger partial charge in [0.15, 0.2) is 0 Å². The molecule has 0 aliphatic heterocycles. The summed E-state index contributed by atoms with van der Waals surface area (Å²) in [6.07, 6.45) is 6.59. The average molecular weight is 247 g/mol. The fraction of sp³-hybridized carbons (Fsp3) is 0.647. The lowest BCUT2D eigenvalue weighted by molar-refractivity contribution is 0.392. The minimum absolute atomic E-state index is 0.670. The smallest absolute Gasteiger partial charge is 0.0366 e. The summed E-state index contributed by atoms with van der Waals surface area (Å²) in [5.74, 6) is 0.757. The molecule has 0 aromatic heterocycles. The molecule has 1 aromatic rings. The number of hydrogen-bond donors (Lipinski definition) is 0. The molecule has 0 heterocycles. The van der Waals surface area contributed by atoms with Crippen molar-refractivity contribution in [1.82, 2.24) is 0 Å². The average Bonchev–Trinajstić information content (AvgIpc) is 2.43. The highest BCUT2D eigenvalue weighted by atomic mass is 15.1. The third-order valence-electron chi connectivity index (χ3n) is 4.07. The van der Waals surface area contributed by atoms with Crippen LogP contribution in [0.4, 0.5) is 5.69 Å². The molecule has 0 amide bonds. The van der Waals surface area contributed by atoms with Crippen molar-refractivity contribution in [3.05, 3.63) is 30.3 Å². The molecule has 1 nitrogen and oxygen atoms in total. The summed E-state index contributed by atoms with van der Waals surface area (Å²) in [5.41, 5.74) is 1.35. The van der Waals surface area contributed by atoms with Crippen molar-refractivity contribution in [3.63, 3.8) is 0 Å². The Morgan fingerprint density at radius 2 is 1.72 bits per heavy atom. The van der Waals surface area contributed by atoms with Crippen molar-refractivity contribution >= 4 is 5.69 Å². The summed E-state index contributed by atoms with van der Waals surface area (Å²) >= 11 is 0. The molecule has 0 spiro atoms. The zero-order valence-electron chi connectivity index (χ0n) is 12.5. The summed E-state index contributed by atoms with van der Waals surface area (Å²) in [7, 11) is 2.25. The second-order valence-electron chi connectivity index (χ2n) is 5.40. The van der Waals surface area contributed by atoms with E-state index in [0.717, 1.165) is 5.92 Å². The van der Waals surface area contributed by atoms with Crippen LogP contribution in [0.5, 0.6) is 0 Å². The largest absolute Gasteiger partial charge is 0.371 e. The van der Waals surface area contributed by atoms with Crippen LogP contribution in [0.1, 0.15) is 52.9 Å². The van der Waals surface area contributed by atoms with E-state index in [1.165, 1.54) is 37.8 Å². The van der Waals surface area contributed by atoms with Gasteiger partial charge in [-0.25, -0.2) is 0 Å². The molecule has 1 heteroatoms. The van der Waals surface area contributed by atoms with Gasteiger partial charge in [0.05, 0.1) is 0 Å². The number of unbranched alkanes of at least 4 members (excludes halogenated alkanes) is 2. The third-order valence-corrected chi connectivity index (χ3v) is 4.07. The Hall–Kier alpha value is -0.980. The van der Waals surface area contributed by atoms with E-state index in [0.29, 0.717) is 6.04 Å². The molecule has 1 rings (SSSR count). The lowest BCUT2D eigenvalue weighted by Gasteiger charge is -2.34. The maximum absolute atomic E-state index is 2.48. The second-order valence-corrected chi connectivity index (χ2v) is 5.40. The summed E-state index contributed by atoms with van der Waals surface area (Å²) in [5, 5.41) is 0. The molecule has 0 fully saturated rings. The number of rotatable bonds is 8. The predicted molar refractivity (Wildman–Crippen MR) is 82.2 cm³/mol. The van der Waals surface area contributed by atoms with E-state index in [9.17, 15) is 0 Å². The van der Waals surface area contributed by atoms with Gasteiger partial charge in [0.25, 0.3) is 0 Å². The fourth-order valence-corrected chi connectivity index (χ4v) is 2.59. The van der Waals surface area contributed by atoms with Crippen LogP contribution in [-0.4, -0.2) is 13.1 Å². The summed E-state index contributed by atoms with van der Waals surface area (Å²) in [6, 6.07) is 11.5. The van der Waals surface area contributed by atoms with Crippen LogP contribution >= 0.6 is 0 Å². The summed E-state index contributed by atoms with van der Waals surface area (Å²) < 4.78 is 0. The molecule has 0 aliphatic rings. The first-order valence-corrected chi connectivity index (χ1v) is 7.48. The highest BCUT2D eigenvalue weighted by molar-refractivity contribution is 5.46. The molecule has 1 aromatic carbocycles. The van der Waals surface area contributed by atoms with Gasteiger partial charge in [0, 0.05) is 18.8 Å². The van der Waals surface area contributed by atoms with Crippen LogP contribution in [0.2, 0.25) is 0 Å². The number of benzene rings is 1. The zero-order chi connectivity index (χ0) is 13.4. The molecular formula is C17H29N. The van der Waals surface area contributed by atoms with E-state index in [-0.39, 0.29) is 0 Å². The maximum atomic E-state index is 2.48. The third kappa shape index (κ3) is 4.36. The van der Waals surface area contributed by atoms with Crippen LogP contribution in [0, 0.1) is 5.92 Å². The van der Waals surface area contributed by atoms with E-state index in [1.807, 2.05) is 0 Å². The van der Waals surface area contributed by atoms with Gasteiger partial charge >= 0.3 is 0 Å². The Balaban J connectivity index is 2.69. The van der Waals surface area contributed by atoms with E-state index >= 15 is 0 Å². The van der Waals surface area contributed by atoms with Crippen molar-refractivity contribution < 1.29 is 0 Å². The molecule has 0 saturated carbocycles. The molecular weight excluding hydrogens is 218 g/mol. The van der Waals surface area contributed by atoms with Gasteiger partial charge in [-0.2, -0.15) is 0 Å². The second kappa shape index (κ2) is 8.18. The standard InChI is InChI=1S/C17H29N/c1-5-7-9-14-17(15(3)6-2)18(4)16-12-10-8-11-13-16/h8,10-13,15,17H,5-7,9,14H2,1-4H3. The molecule has 0 bridgehead atoms. The predicted octanol–water partition coefficient (Wildman–Crippen LogP) is 5.12. The van der Waals surface area contributed by atoms with Gasteiger partial charge in [-0.05, 0) is 24.5 Å². The Morgan fingerprint density at radius 3 is 2.28 bits per heavy atom. The molecule has 2 atom stereocenters. The van der Waals surface area contributed by atoms with Crippen LogP contribution in [0.3, 0.4) is 0 Å². The van der Waals surface area contributed by atoms with Crippen molar-refractivity contribution in [3.8, 4) is 0 Å². The normalized spacial score (nSPS) is 14.2. The van der Waals surface area contributed by atoms with E-state index in [4.69, 9.17) is 0 Å². The molecule has 0 N–H and O–H groups in total. The van der Waals surface area contributed by atoms with Gasteiger partial charge in [-0.3, -0.25) is 0 Å². The van der Waals surface area contributed by atoms with Crippen molar-refractivity contribution in [2.45, 2.75) is 58.9 Å². The number of para-hydroxylation sites is 1. The number of anilines is 1. The molecule has 0 saturated heterocycles. The topological polar surface area (TPSA) is 3.24 Å². The van der Waals surface area contributed by atoms with E-state index in [2.05, 4.69) is 63.1 Å². The molecule has 0 aliphatic carbocycles. The minimum Gasteiger partial charge on any atom is -0.371 e. The molecule has 102 valence electrons. The van der Waals surface area contributed by atoms with Gasteiger partial charge in [0.2, 0.25) is 0 Å². The first-order chi connectivity index (χ1) is 8.70. The first-order valence-electron chi connectivity index (χ1n) is 7.48. The first kappa shape index (κ1) is 15.1. The minimum atomic E-state index is 0.670. The molecule has 2 unspecified atom stereocenters. The highest BCUT2D eigenvalue weighted by Crippen LogP contribution is 2.24. The molecule has 18 heavy (non-hydrogen) atoms. The quantitative estimate of drug-likeness (QED) is 0.576. The van der Waals surface area contributed by atoms with Crippen LogP contribution in [-0.2, 0) is 0 Å². The van der Waals surface area contributed by atoms with Crippen molar-refractivity contribution in [2.75, 3.05) is 11.9 Å². The lowest BCUT2D eigenvalue weighted by atomic mass is 9.92. The highest BCUT2D eigenvalue weighted by Gasteiger charge is 2.20. The van der Waals surface area contributed by atoms with Gasteiger partial charge in [-0.15, -0.1) is 0 Å². The fourth-order valence-electron chi connectivity index (χ4n) is 2.59. The Morgan fingerprint density at radius 1 is 1.06 bits per heavy atom. The monoisotopic (exact) mass is 247 g/mol. The molecule has 0 radical (unpaired) electrons. The van der Waals surface area contributed by atoms with Crippen molar-refractivity contribution in [2.24, 2.45) is 5.92 Å². The van der Waals surface area contributed by atoms with Crippen LogP contribution in [0.15, 0.2) is 30.3 Å². The summed E-state index contributed by atoms with van der Waals surface area (Å²) in [4.78, 5) is 2.48. The van der Waals surface area contributed by atoms with E-state index < -0.39 is 0 Å². The Labute approximate surface area is 113 Å².